The predicted molar refractivity (Wildman–Crippen MR) is 107 cm³/mol. The van der Waals surface area contributed by atoms with Crippen molar-refractivity contribution in [2.45, 2.75) is 38.6 Å². The topological polar surface area (TPSA) is 75.7 Å². The molecular formula is C22H26N2O4. The van der Waals surface area contributed by atoms with Gasteiger partial charge in [-0.1, -0.05) is 48.9 Å². The average Bonchev–Trinajstić information content (AvgIpc) is 2.90. The van der Waals surface area contributed by atoms with Crippen molar-refractivity contribution in [2.24, 2.45) is 0 Å². The number of carbonyl (C=O) groups is 3. The smallest absolute Gasteiger partial charge is 0.326 e. The molecule has 6 heteroatoms. The van der Waals surface area contributed by atoms with Crippen LogP contribution in [-0.4, -0.2) is 42.4 Å². The quantitative estimate of drug-likeness (QED) is 0.780. The van der Waals surface area contributed by atoms with Crippen LogP contribution >= 0.6 is 0 Å². The SMILES string of the molecule is C[C@H](NC(=O)COC(=O)CN1CCCCCC1=O)c1cccc2ccccc12. The Hall–Kier alpha value is -2.89. The monoisotopic (exact) mass is 382 g/mol. The van der Waals surface area contributed by atoms with Crippen molar-refractivity contribution in [1.82, 2.24) is 10.2 Å². The maximum absolute atomic E-state index is 12.2. The van der Waals surface area contributed by atoms with Gasteiger partial charge in [-0.25, -0.2) is 0 Å². The lowest BCUT2D eigenvalue weighted by molar-refractivity contribution is -0.152. The number of rotatable bonds is 6. The molecule has 2 amide bonds. The van der Waals surface area contributed by atoms with E-state index in [9.17, 15) is 14.4 Å². The van der Waals surface area contributed by atoms with Crippen LogP contribution in [0.5, 0.6) is 0 Å². The Morgan fingerprint density at radius 3 is 2.75 bits per heavy atom. The van der Waals surface area contributed by atoms with E-state index in [0.717, 1.165) is 35.6 Å². The Balaban J connectivity index is 1.51. The molecule has 6 nitrogen and oxygen atoms in total. The second-order valence-electron chi connectivity index (χ2n) is 7.14. The normalized spacial score (nSPS) is 15.8. The van der Waals surface area contributed by atoms with Gasteiger partial charge in [-0.3, -0.25) is 14.4 Å². The molecule has 0 saturated carbocycles. The minimum Gasteiger partial charge on any atom is -0.454 e. The molecule has 0 radical (unpaired) electrons. The fourth-order valence-electron chi connectivity index (χ4n) is 3.54. The summed E-state index contributed by atoms with van der Waals surface area (Å²) < 4.78 is 5.08. The van der Waals surface area contributed by atoms with Gasteiger partial charge < -0.3 is 15.0 Å². The van der Waals surface area contributed by atoms with E-state index >= 15 is 0 Å². The first-order valence-electron chi connectivity index (χ1n) is 9.75. The van der Waals surface area contributed by atoms with Crippen LogP contribution in [0.1, 0.15) is 44.2 Å². The van der Waals surface area contributed by atoms with Crippen molar-refractivity contribution < 1.29 is 19.1 Å². The Bertz CT molecular complexity index is 859. The molecule has 0 unspecified atom stereocenters. The van der Waals surface area contributed by atoms with Crippen molar-refractivity contribution in [3.63, 3.8) is 0 Å². The van der Waals surface area contributed by atoms with Gasteiger partial charge in [0.1, 0.15) is 6.54 Å². The molecule has 1 heterocycles. The summed E-state index contributed by atoms with van der Waals surface area (Å²) in [5.41, 5.74) is 1.01. The van der Waals surface area contributed by atoms with Crippen LogP contribution in [0.3, 0.4) is 0 Å². The van der Waals surface area contributed by atoms with Crippen LogP contribution in [-0.2, 0) is 19.1 Å². The van der Waals surface area contributed by atoms with E-state index in [2.05, 4.69) is 5.32 Å². The van der Waals surface area contributed by atoms with Crippen LogP contribution in [0.2, 0.25) is 0 Å². The van der Waals surface area contributed by atoms with Gasteiger partial charge >= 0.3 is 5.97 Å². The maximum atomic E-state index is 12.2. The number of ether oxygens (including phenoxy) is 1. The minimum atomic E-state index is -0.553. The van der Waals surface area contributed by atoms with Gasteiger partial charge in [0.2, 0.25) is 5.91 Å². The first kappa shape index (κ1) is 19.9. The number of nitrogens with one attached hydrogen (secondary N) is 1. The molecule has 3 rings (SSSR count). The minimum absolute atomic E-state index is 0.0246. The number of likely N-dealkylation sites (tertiary alicyclic amines) is 1. The number of esters is 1. The molecule has 1 aliphatic rings. The molecule has 1 saturated heterocycles. The number of hydrogen-bond donors (Lipinski definition) is 1. The summed E-state index contributed by atoms with van der Waals surface area (Å²) in [6.07, 6.45) is 3.21. The van der Waals surface area contributed by atoms with Crippen LogP contribution in [0.15, 0.2) is 42.5 Å². The lowest BCUT2D eigenvalue weighted by Gasteiger charge is -2.20. The van der Waals surface area contributed by atoms with Crippen LogP contribution in [0.4, 0.5) is 0 Å². The van der Waals surface area contributed by atoms with Gasteiger partial charge in [0.15, 0.2) is 6.61 Å². The highest BCUT2D eigenvalue weighted by atomic mass is 16.5. The number of hydrogen-bond acceptors (Lipinski definition) is 4. The molecule has 1 fully saturated rings. The Morgan fingerprint density at radius 1 is 1.11 bits per heavy atom. The Morgan fingerprint density at radius 2 is 1.89 bits per heavy atom. The van der Waals surface area contributed by atoms with Crippen LogP contribution in [0, 0.1) is 0 Å². The van der Waals surface area contributed by atoms with Crippen LogP contribution < -0.4 is 5.32 Å². The number of nitrogens with zero attached hydrogens (tertiary/aromatic N) is 1. The van der Waals surface area contributed by atoms with Gasteiger partial charge in [-0.05, 0) is 36.1 Å². The van der Waals surface area contributed by atoms with Gasteiger partial charge in [-0.15, -0.1) is 0 Å². The van der Waals surface area contributed by atoms with Gasteiger partial charge in [-0.2, -0.15) is 0 Å². The molecule has 1 N–H and O–H groups in total. The maximum Gasteiger partial charge on any atom is 0.326 e. The van der Waals surface area contributed by atoms with Crippen LogP contribution in [0.25, 0.3) is 10.8 Å². The highest BCUT2D eigenvalue weighted by molar-refractivity contribution is 5.87. The summed E-state index contributed by atoms with van der Waals surface area (Å²) in [7, 11) is 0. The lowest BCUT2D eigenvalue weighted by atomic mass is 10.00. The van der Waals surface area contributed by atoms with E-state index in [4.69, 9.17) is 4.74 Å². The van der Waals surface area contributed by atoms with E-state index < -0.39 is 5.97 Å². The molecule has 2 aromatic rings. The Kier molecular flexibility index (Phi) is 6.63. The van der Waals surface area contributed by atoms with Gasteiger partial charge in [0.25, 0.3) is 5.91 Å². The molecule has 0 aliphatic carbocycles. The third-order valence-electron chi connectivity index (χ3n) is 5.02. The fourth-order valence-corrected chi connectivity index (χ4v) is 3.54. The Labute approximate surface area is 164 Å². The fraction of sp³-hybridized carbons (Fsp3) is 0.409. The molecule has 2 aromatic carbocycles. The summed E-state index contributed by atoms with van der Waals surface area (Å²) in [5, 5.41) is 5.05. The van der Waals surface area contributed by atoms with Gasteiger partial charge in [0.05, 0.1) is 6.04 Å². The average molecular weight is 382 g/mol. The lowest BCUT2D eigenvalue weighted by Crippen LogP contribution is -2.37. The first-order valence-corrected chi connectivity index (χ1v) is 9.75. The zero-order valence-corrected chi connectivity index (χ0v) is 16.1. The molecule has 0 aromatic heterocycles. The highest BCUT2D eigenvalue weighted by Gasteiger charge is 2.20. The van der Waals surface area contributed by atoms with E-state index in [-0.39, 0.29) is 31.0 Å². The summed E-state index contributed by atoms with van der Waals surface area (Å²) >= 11 is 0. The van der Waals surface area contributed by atoms with E-state index in [1.54, 1.807) is 0 Å². The number of benzene rings is 2. The van der Waals surface area contributed by atoms with Crippen molar-refractivity contribution in [1.29, 1.82) is 0 Å². The second-order valence-corrected chi connectivity index (χ2v) is 7.14. The third kappa shape index (κ3) is 5.09. The summed E-state index contributed by atoms with van der Waals surface area (Å²) in [4.78, 5) is 37.7. The van der Waals surface area contributed by atoms with Gasteiger partial charge in [0, 0.05) is 13.0 Å². The number of carbonyl (C=O) groups excluding carboxylic acids is 3. The zero-order valence-electron chi connectivity index (χ0n) is 16.1. The molecule has 28 heavy (non-hydrogen) atoms. The molecule has 0 spiro atoms. The first-order chi connectivity index (χ1) is 13.5. The number of amides is 2. The van der Waals surface area contributed by atoms with E-state index in [0.29, 0.717) is 13.0 Å². The van der Waals surface area contributed by atoms with Crippen molar-refractivity contribution in [3.05, 3.63) is 48.0 Å². The zero-order chi connectivity index (χ0) is 19.9. The summed E-state index contributed by atoms with van der Waals surface area (Å²) in [5.74, 6) is -0.942. The molecule has 1 atom stereocenters. The standard InChI is InChI=1S/C22H26N2O4/c1-16(18-11-7-9-17-8-4-5-10-19(17)18)23-20(25)15-28-22(27)14-24-13-6-2-3-12-21(24)26/h4-5,7-11,16H,2-3,6,12-15H2,1H3,(H,23,25)/t16-/m0/s1. The second kappa shape index (κ2) is 9.35. The van der Waals surface area contributed by atoms with E-state index in [1.165, 1.54) is 4.90 Å². The number of fused-ring (bicyclic) bond motifs is 1. The van der Waals surface area contributed by atoms with Crippen molar-refractivity contribution >= 4 is 28.6 Å². The molecule has 1 aliphatic heterocycles. The summed E-state index contributed by atoms with van der Waals surface area (Å²) in [6, 6.07) is 13.7. The highest BCUT2D eigenvalue weighted by Crippen LogP contribution is 2.23. The van der Waals surface area contributed by atoms with Crippen molar-refractivity contribution in [2.75, 3.05) is 19.7 Å². The predicted octanol–water partition coefficient (Wildman–Crippen LogP) is 2.96. The molecule has 148 valence electrons. The molecular weight excluding hydrogens is 356 g/mol. The largest absolute Gasteiger partial charge is 0.454 e. The third-order valence-corrected chi connectivity index (χ3v) is 5.02. The van der Waals surface area contributed by atoms with E-state index in [1.807, 2.05) is 49.4 Å². The summed E-state index contributed by atoms with van der Waals surface area (Å²) in [6.45, 7) is 2.02. The van der Waals surface area contributed by atoms with Crippen molar-refractivity contribution in [3.8, 4) is 0 Å². The molecule has 0 bridgehead atoms.